The van der Waals surface area contributed by atoms with Crippen molar-refractivity contribution in [2.45, 2.75) is 6.42 Å². The summed E-state index contributed by atoms with van der Waals surface area (Å²) >= 11 is 0. The van der Waals surface area contributed by atoms with Crippen LogP contribution in [0.15, 0.2) is 48.6 Å². The molecule has 0 atom stereocenters. The van der Waals surface area contributed by atoms with Crippen LogP contribution in [0.4, 0.5) is 0 Å². The first-order chi connectivity index (χ1) is 6.43. The zero-order chi connectivity index (χ0) is 9.36. The van der Waals surface area contributed by atoms with Crippen LogP contribution in [0, 0.1) is 0 Å². The molecule has 0 amide bonds. The molecule has 0 bridgehead atoms. The Morgan fingerprint density at radius 1 is 1.08 bits per heavy atom. The van der Waals surface area contributed by atoms with E-state index in [1.165, 1.54) is 5.56 Å². The molecule has 1 rings (SSSR count). The minimum absolute atomic E-state index is 0.718. The van der Waals surface area contributed by atoms with Gasteiger partial charge >= 0.3 is 0 Å². The molecular weight excluding hydrogens is 158 g/mol. The Hall–Kier alpha value is -1.34. The summed E-state index contributed by atoms with van der Waals surface area (Å²) < 4.78 is 0. The van der Waals surface area contributed by atoms with E-state index in [0.29, 0.717) is 0 Å². The predicted octanol–water partition coefficient (Wildman–Crippen LogP) is 2.60. The molecule has 0 heterocycles. The number of nitrogens with two attached hydrogens (primary N) is 1. The second-order valence-electron chi connectivity index (χ2n) is 2.78. The number of hydrogen-bond donors (Lipinski definition) is 1. The van der Waals surface area contributed by atoms with E-state index in [1.807, 2.05) is 30.4 Å². The normalized spacial score (nSPS) is 11.5. The second kappa shape index (κ2) is 6.21. The van der Waals surface area contributed by atoms with E-state index in [2.05, 4.69) is 24.3 Å². The SMILES string of the molecule is NCC/C=C/C=Cc1ccccc1. The van der Waals surface area contributed by atoms with Gasteiger partial charge in [0.25, 0.3) is 0 Å². The molecule has 68 valence electrons. The highest BCUT2D eigenvalue weighted by molar-refractivity contribution is 5.50. The molecule has 1 aromatic rings. The van der Waals surface area contributed by atoms with Crippen molar-refractivity contribution < 1.29 is 0 Å². The molecule has 0 fully saturated rings. The van der Waals surface area contributed by atoms with E-state index in [-0.39, 0.29) is 0 Å². The first-order valence-corrected chi connectivity index (χ1v) is 4.52. The summed E-state index contributed by atoms with van der Waals surface area (Å²) in [6, 6.07) is 10.2. The van der Waals surface area contributed by atoms with Gasteiger partial charge in [-0.1, -0.05) is 54.6 Å². The standard InChI is InChI=1S/C12H15N/c13-11-7-2-1-4-8-12-9-5-3-6-10-12/h1-6,8-10H,7,11,13H2/b2-1+,8-4?. The molecule has 13 heavy (non-hydrogen) atoms. The topological polar surface area (TPSA) is 26.0 Å². The van der Waals surface area contributed by atoms with Crippen LogP contribution in [-0.2, 0) is 0 Å². The van der Waals surface area contributed by atoms with Crippen molar-refractivity contribution in [3.63, 3.8) is 0 Å². The van der Waals surface area contributed by atoms with Gasteiger partial charge in [-0.3, -0.25) is 0 Å². The van der Waals surface area contributed by atoms with Gasteiger partial charge in [-0.15, -0.1) is 0 Å². The molecule has 0 aliphatic rings. The highest BCUT2D eigenvalue weighted by atomic mass is 14.5. The minimum atomic E-state index is 0.718. The van der Waals surface area contributed by atoms with Crippen molar-refractivity contribution in [1.82, 2.24) is 0 Å². The van der Waals surface area contributed by atoms with Crippen LogP contribution in [0.3, 0.4) is 0 Å². The molecule has 0 radical (unpaired) electrons. The molecule has 0 aliphatic carbocycles. The van der Waals surface area contributed by atoms with E-state index in [9.17, 15) is 0 Å². The number of allylic oxidation sites excluding steroid dienone is 2. The molecule has 1 aromatic carbocycles. The molecule has 0 aliphatic heterocycles. The van der Waals surface area contributed by atoms with Gasteiger partial charge < -0.3 is 5.73 Å². The first-order valence-electron chi connectivity index (χ1n) is 4.52. The van der Waals surface area contributed by atoms with Crippen molar-refractivity contribution in [1.29, 1.82) is 0 Å². The Bertz CT molecular complexity index is 272. The Morgan fingerprint density at radius 3 is 2.54 bits per heavy atom. The summed E-state index contributed by atoms with van der Waals surface area (Å²) in [4.78, 5) is 0. The van der Waals surface area contributed by atoms with Crippen molar-refractivity contribution in [2.24, 2.45) is 5.73 Å². The number of rotatable bonds is 4. The Morgan fingerprint density at radius 2 is 1.85 bits per heavy atom. The second-order valence-corrected chi connectivity index (χ2v) is 2.78. The third-order valence-electron chi connectivity index (χ3n) is 1.67. The van der Waals surface area contributed by atoms with Crippen LogP contribution in [0.5, 0.6) is 0 Å². The lowest BCUT2D eigenvalue weighted by atomic mass is 10.2. The fourth-order valence-corrected chi connectivity index (χ4v) is 1.00. The smallest absolute Gasteiger partial charge is 0.00425 e. The molecule has 0 unspecified atom stereocenters. The van der Waals surface area contributed by atoms with Crippen LogP contribution in [-0.4, -0.2) is 6.54 Å². The fraction of sp³-hybridized carbons (Fsp3) is 0.167. The van der Waals surface area contributed by atoms with Crippen molar-refractivity contribution in [3.8, 4) is 0 Å². The summed E-state index contributed by atoms with van der Waals surface area (Å²) in [5.41, 5.74) is 6.57. The lowest BCUT2D eigenvalue weighted by Crippen LogP contribution is -1.94. The summed E-state index contributed by atoms with van der Waals surface area (Å²) in [7, 11) is 0. The summed E-state index contributed by atoms with van der Waals surface area (Å²) in [5, 5.41) is 0. The van der Waals surface area contributed by atoms with E-state index in [1.54, 1.807) is 0 Å². The van der Waals surface area contributed by atoms with Crippen LogP contribution in [0.1, 0.15) is 12.0 Å². The molecule has 0 saturated heterocycles. The average molecular weight is 173 g/mol. The Kier molecular flexibility index (Phi) is 4.65. The zero-order valence-corrected chi connectivity index (χ0v) is 7.69. The molecule has 0 aromatic heterocycles. The van der Waals surface area contributed by atoms with E-state index in [4.69, 9.17) is 5.73 Å². The Labute approximate surface area is 79.6 Å². The quantitative estimate of drug-likeness (QED) is 0.696. The zero-order valence-electron chi connectivity index (χ0n) is 7.69. The van der Waals surface area contributed by atoms with Crippen LogP contribution < -0.4 is 5.73 Å². The average Bonchev–Trinajstić information content (AvgIpc) is 2.19. The van der Waals surface area contributed by atoms with Crippen molar-refractivity contribution in [3.05, 3.63) is 54.1 Å². The van der Waals surface area contributed by atoms with Crippen molar-refractivity contribution >= 4 is 6.08 Å². The van der Waals surface area contributed by atoms with Crippen molar-refractivity contribution in [2.75, 3.05) is 6.54 Å². The lowest BCUT2D eigenvalue weighted by Gasteiger charge is -1.88. The molecule has 1 heteroatoms. The van der Waals surface area contributed by atoms with Gasteiger partial charge in [0, 0.05) is 0 Å². The molecule has 1 nitrogen and oxygen atoms in total. The molecule has 0 spiro atoms. The van der Waals surface area contributed by atoms with Gasteiger partial charge in [0.05, 0.1) is 0 Å². The van der Waals surface area contributed by atoms with Gasteiger partial charge in [0.1, 0.15) is 0 Å². The van der Waals surface area contributed by atoms with E-state index >= 15 is 0 Å². The summed E-state index contributed by atoms with van der Waals surface area (Å²) in [6.07, 6.45) is 9.15. The van der Waals surface area contributed by atoms with E-state index in [0.717, 1.165) is 13.0 Å². The maximum Gasteiger partial charge on any atom is -0.00425 e. The number of hydrogen-bond acceptors (Lipinski definition) is 1. The number of benzene rings is 1. The third kappa shape index (κ3) is 4.28. The predicted molar refractivity (Wildman–Crippen MR) is 58.3 cm³/mol. The van der Waals surface area contributed by atoms with Gasteiger partial charge in [-0.05, 0) is 18.5 Å². The highest BCUT2D eigenvalue weighted by Crippen LogP contribution is 2.00. The van der Waals surface area contributed by atoms with Gasteiger partial charge in [0.2, 0.25) is 0 Å². The highest BCUT2D eigenvalue weighted by Gasteiger charge is 1.79. The molecular formula is C12H15N. The van der Waals surface area contributed by atoms with Crippen LogP contribution >= 0.6 is 0 Å². The molecule has 2 N–H and O–H groups in total. The fourth-order valence-electron chi connectivity index (χ4n) is 1.00. The minimum Gasteiger partial charge on any atom is -0.330 e. The first kappa shape index (κ1) is 9.75. The molecule has 0 saturated carbocycles. The summed E-state index contributed by atoms with van der Waals surface area (Å²) in [6.45, 7) is 0.718. The van der Waals surface area contributed by atoms with E-state index < -0.39 is 0 Å². The lowest BCUT2D eigenvalue weighted by molar-refractivity contribution is 1.01. The van der Waals surface area contributed by atoms with Gasteiger partial charge in [-0.2, -0.15) is 0 Å². The Balaban J connectivity index is 2.41. The third-order valence-corrected chi connectivity index (χ3v) is 1.67. The van der Waals surface area contributed by atoms with Gasteiger partial charge in [-0.25, -0.2) is 0 Å². The van der Waals surface area contributed by atoms with Gasteiger partial charge in [0.15, 0.2) is 0 Å². The monoisotopic (exact) mass is 173 g/mol. The van der Waals surface area contributed by atoms with Crippen LogP contribution in [0.25, 0.3) is 6.08 Å². The maximum atomic E-state index is 5.35. The maximum absolute atomic E-state index is 5.35. The largest absolute Gasteiger partial charge is 0.330 e. The van der Waals surface area contributed by atoms with Crippen LogP contribution in [0.2, 0.25) is 0 Å². The summed E-state index contributed by atoms with van der Waals surface area (Å²) in [5.74, 6) is 0.